The maximum absolute atomic E-state index is 11.9. The smallest absolute Gasteiger partial charge is 0.212 e. The third kappa shape index (κ3) is 4.70. The molecule has 0 heterocycles. The van der Waals surface area contributed by atoms with Crippen LogP contribution in [0.1, 0.15) is 40.0 Å². The lowest BCUT2D eigenvalue weighted by Crippen LogP contribution is -2.41. The normalized spacial score (nSPS) is 13.5. The van der Waals surface area contributed by atoms with Gasteiger partial charge in [0.2, 0.25) is 10.0 Å². The highest BCUT2D eigenvalue weighted by molar-refractivity contribution is 7.90. The molecule has 0 aliphatic carbocycles. The predicted octanol–water partition coefficient (Wildman–Crippen LogP) is 2.46. The van der Waals surface area contributed by atoms with E-state index in [1.807, 2.05) is 0 Å². The fourth-order valence-corrected chi connectivity index (χ4v) is 2.69. The minimum Gasteiger partial charge on any atom is -0.212 e. The van der Waals surface area contributed by atoms with Crippen LogP contribution in [0.5, 0.6) is 0 Å². The van der Waals surface area contributed by atoms with E-state index in [0.717, 1.165) is 19.3 Å². The highest BCUT2D eigenvalue weighted by Crippen LogP contribution is 2.19. The van der Waals surface area contributed by atoms with E-state index in [1.165, 1.54) is 4.31 Å². The summed E-state index contributed by atoms with van der Waals surface area (Å²) < 4.78 is 24.6. The largest absolute Gasteiger partial charge is 0.218 e. The maximum atomic E-state index is 11.9. The number of sulfonamides is 1. The van der Waals surface area contributed by atoms with Gasteiger partial charge in [0.05, 0.1) is 4.75 Å². The molecule has 0 aromatic rings. The van der Waals surface area contributed by atoms with Gasteiger partial charge in [0.15, 0.2) is 0 Å². The zero-order chi connectivity index (χ0) is 12.1. The molecule has 15 heavy (non-hydrogen) atoms. The van der Waals surface area contributed by atoms with Gasteiger partial charge in [0.25, 0.3) is 0 Å². The molecule has 0 radical (unpaired) electrons. The Morgan fingerprint density at radius 2 is 1.67 bits per heavy atom. The third-order valence-electron chi connectivity index (χ3n) is 2.29. The molecule has 0 rings (SSSR count). The summed E-state index contributed by atoms with van der Waals surface area (Å²) in [7, 11) is -1.52. The van der Waals surface area contributed by atoms with Crippen molar-refractivity contribution in [3.63, 3.8) is 0 Å². The predicted molar refractivity (Wildman–Crippen MR) is 65.9 cm³/mol. The molecule has 0 atom stereocenters. The van der Waals surface area contributed by atoms with Gasteiger partial charge < -0.3 is 0 Å². The fourth-order valence-electron chi connectivity index (χ4n) is 1.19. The van der Waals surface area contributed by atoms with Gasteiger partial charge in [-0.2, -0.15) is 0 Å². The summed E-state index contributed by atoms with van der Waals surface area (Å²) in [5.41, 5.74) is 0. The first-order chi connectivity index (χ1) is 6.73. The van der Waals surface area contributed by atoms with Crippen molar-refractivity contribution in [1.29, 1.82) is 0 Å². The molecule has 0 bridgehead atoms. The third-order valence-corrected chi connectivity index (χ3v) is 5.11. The van der Waals surface area contributed by atoms with Crippen molar-refractivity contribution in [3.8, 4) is 0 Å². The highest BCUT2D eigenvalue weighted by atomic mass is 35.5. The van der Waals surface area contributed by atoms with E-state index >= 15 is 0 Å². The molecule has 5 heteroatoms. The standard InChI is InChI=1S/C10H22ClNO2S/c1-10(2,3)15(13,14)12(4)9-7-5-6-8-11/h5-9H2,1-4H3. The van der Waals surface area contributed by atoms with E-state index in [-0.39, 0.29) is 0 Å². The van der Waals surface area contributed by atoms with Crippen LogP contribution in [0.3, 0.4) is 0 Å². The van der Waals surface area contributed by atoms with E-state index in [2.05, 4.69) is 0 Å². The van der Waals surface area contributed by atoms with Gasteiger partial charge >= 0.3 is 0 Å². The molecular formula is C10H22ClNO2S. The summed E-state index contributed by atoms with van der Waals surface area (Å²) >= 11 is 5.55. The number of halogens is 1. The van der Waals surface area contributed by atoms with Gasteiger partial charge in [-0.3, -0.25) is 0 Å². The highest BCUT2D eigenvalue weighted by Gasteiger charge is 2.32. The molecule has 0 aliphatic heterocycles. The number of rotatable bonds is 6. The van der Waals surface area contributed by atoms with E-state index in [0.29, 0.717) is 12.4 Å². The van der Waals surface area contributed by atoms with E-state index in [1.54, 1.807) is 27.8 Å². The number of unbranched alkanes of at least 4 members (excludes halogenated alkanes) is 2. The molecule has 0 aliphatic rings. The van der Waals surface area contributed by atoms with E-state index in [4.69, 9.17) is 11.6 Å². The number of nitrogens with zero attached hydrogens (tertiary/aromatic N) is 1. The number of hydrogen-bond donors (Lipinski definition) is 0. The molecule has 0 saturated carbocycles. The van der Waals surface area contributed by atoms with Crippen LogP contribution in [0.4, 0.5) is 0 Å². The molecule has 0 aromatic carbocycles. The van der Waals surface area contributed by atoms with Crippen LogP contribution < -0.4 is 0 Å². The Kier molecular flexibility index (Phi) is 6.14. The summed E-state index contributed by atoms with van der Waals surface area (Å²) in [6.45, 7) is 5.74. The van der Waals surface area contributed by atoms with Crippen molar-refractivity contribution < 1.29 is 8.42 Å². The molecule has 92 valence electrons. The van der Waals surface area contributed by atoms with Crippen molar-refractivity contribution in [2.24, 2.45) is 0 Å². The SMILES string of the molecule is CN(CCCCCCl)S(=O)(=O)C(C)(C)C. The van der Waals surface area contributed by atoms with Crippen molar-refractivity contribution in [3.05, 3.63) is 0 Å². The van der Waals surface area contributed by atoms with Gasteiger partial charge in [-0.1, -0.05) is 6.42 Å². The molecule has 0 saturated heterocycles. The number of alkyl halides is 1. The van der Waals surface area contributed by atoms with Crippen LogP contribution >= 0.6 is 11.6 Å². The molecule has 0 N–H and O–H groups in total. The Bertz CT molecular complexity index is 270. The number of hydrogen-bond acceptors (Lipinski definition) is 2. The second kappa shape index (κ2) is 6.06. The van der Waals surface area contributed by atoms with Gasteiger partial charge in [0, 0.05) is 19.5 Å². The second-order valence-corrected chi connectivity index (χ2v) is 7.86. The maximum Gasteiger partial charge on any atom is 0.218 e. The molecule has 0 aromatic heterocycles. The zero-order valence-electron chi connectivity index (χ0n) is 10.1. The summed E-state index contributed by atoms with van der Waals surface area (Å²) in [4.78, 5) is 0. The fraction of sp³-hybridized carbons (Fsp3) is 1.00. The lowest BCUT2D eigenvalue weighted by molar-refractivity contribution is 0.433. The van der Waals surface area contributed by atoms with Gasteiger partial charge in [-0.05, 0) is 33.6 Å². The van der Waals surface area contributed by atoms with Crippen LogP contribution in [0, 0.1) is 0 Å². The quantitative estimate of drug-likeness (QED) is 0.540. The van der Waals surface area contributed by atoms with Gasteiger partial charge in [-0.25, -0.2) is 12.7 Å². The first-order valence-electron chi connectivity index (χ1n) is 5.25. The van der Waals surface area contributed by atoms with Crippen molar-refractivity contribution in [2.45, 2.75) is 44.8 Å². The summed E-state index contributed by atoms with van der Waals surface area (Å²) in [6, 6.07) is 0. The summed E-state index contributed by atoms with van der Waals surface area (Å²) in [5.74, 6) is 0.649. The molecule has 0 amide bonds. The minimum atomic E-state index is -3.16. The van der Waals surface area contributed by atoms with Gasteiger partial charge in [0.1, 0.15) is 0 Å². The molecular weight excluding hydrogens is 234 g/mol. The van der Waals surface area contributed by atoms with Crippen molar-refractivity contribution >= 4 is 21.6 Å². The Morgan fingerprint density at radius 1 is 1.13 bits per heavy atom. The monoisotopic (exact) mass is 255 g/mol. The molecule has 0 spiro atoms. The Morgan fingerprint density at radius 3 is 2.07 bits per heavy atom. The van der Waals surface area contributed by atoms with Crippen LogP contribution in [-0.2, 0) is 10.0 Å². The summed E-state index contributed by atoms with van der Waals surface area (Å²) in [5, 5.41) is 0. The van der Waals surface area contributed by atoms with Crippen molar-refractivity contribution in [2.75, 3.05) is 19.5 Å². The van der Waals surface area contributed by atoms with E-state index in [9.17, 15) is 8.42 Å². The van der Waals surface area contributed by atoms with E-state index < -0.39 is 14.8 Å². The topological polar surface area (TPSA) is 37.4 Å². The molecule has 0 unspecified atom stereocenters. The van der Waals surface area contributed by atoms with Gasteiger partial charge in [-0.15, -0.1) is 11.6 Å². The van der Waals surface area contributed by atoms with Crippen LogP contribution in [-0.4, -0.2) is 36.9 Å². The Labute approximate surface area is 98.8 Å². The van der Waals surface area contributed by atoms with Crippen molar-refractivity contribution in [1.82, 2.24) is 4.31 Å². The lowest BCUT2D eigenvalue weighted by atomic mass is 10.2. The first kappa shape index (κ1) is 15.2. The minimum absolute atomic E-state index is 0.580. The zero-order valence-corrected chi connectivity index (χ0v) is 11.7. The first-order valence-corrected chi connectivity index (χ1v) is 7.23. The second-order valence-electron chi connectivity index (χ2n) is 4.69. The van der Waals surface area contributed by atoms with Crippen LogP contribution in [0.2, 0.25) is 0 Å². The Balaban J connectivity index is 4.16. The van der Waals surface area contributed by atoms with Crippen LogP contribution in [0.15, 0.2) is 0 Å². The lowest BCUT2D eigenvalue weighted by Gasteiger charge is -2.26. The molecule has 0 fully saturated rings. The Hall–Kier alpha value is 0.200. The average Bonchev–Trinajstić information content (AvgIpc) is 2.10. The average molecular weight is 256 g/mol. The molecule has 3 nitrogen and oxygen atoms in total. The summed E-state index contributed by atoms with van der Waals surface area (Å²) in [6.07, 6.45) is 2.80. The van der Waals surface area contributed by atoms with Crippen LogP contribution in [0.25, 0.3) is 0 Å².